The molecule has 2 nitrogen and oxygen atoms in total. The zero-order chi connectivity index (χ0) is 31.8. The van der Waals surface area contributed by atoms with Crippen molar-refractivity contribution in [3.63, 3.8) is 0 Å². The molecule has 0 radical (unpaired) electrons. The fourth-order valence-electron chi connectivity index (χ4n) is 6.95. The van der Waals surface area contributed by atoms with Crippen LogP contribution in [-0.4, -0.2) is 19.5 Å². The highest BCUT2D eigenvalue weighted by atomic mass is 31.1. The molecule has 0 amide bonds. The molecule has 2 aliphatic rings. The molecule has 0 saturated carbocycles. The number of ether oxygens (including phenoxy) is 2. The lowest BCUT2D eigenvalue weighted by Gasteiger charge is -2.36. The van der Waals surface area contributed by atoms with Crippen molar-refractivity contribution in [2.24, 2.45) is 11.3 Å². The second-order valence-electron chi connectivity index (χ2n) is 13.0. The molecule has 0 bridgehead atoms. The zero-order valence-corrected chi connectivity index (χ0v) is 29.4. The smallest absolute Gasteiger partial charge is 0.157 e. The highest BCUT2D eigenvalue weighted by Crippen LogP contribution is 2.64. The van der Waals surface area contributed by atoms with Gasteiger partial charge in [0.05, 0.1) is 13.2 Å². The van der Waals surface area contributed by atoms with Gasteiger partial charge in [0, 0.05) is 5.92 Å². The number of rotatable bonds is 13. The van der Waals surface area contributed by atoms with E-state index in [-0.39, 0.29) is 11.7 Å². The van der Waals surface area contributed by atoms with Crippen LogP contribution in [0, 0.1) is 11.3 Å². The van der Waals surface area contributed by atoms with Crippen LogP contribution in [0.4, 0.5) is 0 Å². The number of unbranched alkanes of at least 4 members (excludes halogenated alkanes) is 1. The summed E-state index contributed by atoms with van der Waals surface area (Å²) in [5, 5.41) is 8.92. The first-order valence-electron chi connectivity index (χ1n) is 17.1. The molecule has 238 valence electrons. The Morgan fingerprint density at radius 2 is 1.09 bits per heavy atom. The van der Waals surface area contributed by atoms with Gasteiger partial charge in [-0.25, -0.2) is 0 Å². The van der Waals surface area contributed by atoms with Crippen LogP contribution in [0.2, 0.25) is 0 Å². The summed E-state index contributed by atoms with van der Waals surface area (Å²) >= 11 is 0. The SMILES string of the molecule is CCCCC1C(C(C)(C)CCC2OCCCO2)=CC(P(c2ccccc2)c2ccccc2)=C1P(c1ccccc1)c1ccccc1. The average Bonchev–Trinajstić information content (AvgIpc) is 3.48. The molecular formula is C42H48O2P2. The van der Waals surface area contributed by atoms with Gasteiger partial charge in [-0.15, -0.1) is 0 Å². The van der Waals surface area contributed by atoms with E-state index in [1.165, 1.54) is 40.5 Å². The maximum absolute atomic E-state index is 6.03. The summed E-state index contributed by atoms with van der Waals surface area (Å²) in [6.07, 6.45) is 9.13. The highest BCUT2D eigenvalue weighted by Gasteiger charge is 2.42. The van der Waals surface area contributed by atoms with E-state index in [1.54, 1.807) is 16.2 Å². The summed E-state index contributed by atoms with van der Waals surface area (Å²) < 4.78 is 12.1. The number of benzene rings is 4. The van der Waals surface area contributed by atoms with Crippen LogP contribution in [0.15, 0.2) is 144 Å². The van der Waals surface area contributed by atoms with E-state index >= 15 is 0 Å². The van der Waals surface area contributed by atoms with Crippen LogP contribution in [0.1, 0.15) is 59.3 Å². The Labute approximate surface area is 279 Å². The van der Waals surface area contributed by atoms with Crippen LogP contribution in [0.3, 0.4) is 0 Å². The third-order valence-electron chi connectivity index (χ3n) is 9.33. The minimum absolute atomic E-state index is 0.00165. The molecule has 0 aromatic heterocycles. The fraction of sp³-hybridized carbons (Fsp3) is 0.333. The molecule has 1 aliphatic carbocycles. The molecule has 0 spiro atoms. The van der Waals surface area contributed by atoms with E-state index in [2.05, 4.69) is 148 Å². The Morgan fingerprint density at radius 3 is 1.54 bits per heavy atom. The first-order valence-corrected chi connectivity index (χ1v) is 19.7. The summed E-state index contributed by atoms with van der Waals surface area (Å²) in [4.78, 5) is 0. The fourth-order valence-corrected chi connectivity index (χ4v) is 12.7. The van der Waals surface area contributed by atoms with Crippen LogP contribution in [-0.2, 0) is 9.47 Å². The normalized spacial score (nSPS) is 17.6. The Balaban J connectivity index is 1.56. The second kappa shape index (κ2) is 15.8. The molecule has 1 fully saturated rings. The minimum Gasteiger partial charge on any atom is -0.353 e. The van der Waals surface area contributed by atoms with Crippen LogP contribution < -0.4 is 21.2 Å². The molecule has 1 aliphatic heterocycles. The lowest BCUT2D eigenvalue weighted by atomic mass is 9.74. The van der Waals surface area contributed by atoms with Crippen LogP contribution >= 0.6 is 15.8 Å². The van der Waals surface area contributed by atoms with Gasteiger partial charge >= 0.3 is 0 Å². The Bertz CT molecular complexity index is 1500. The van der Waals surface area contributed by atoms with Crippen molar-refractivity contribution in [1.82, 2.24) is 0 Å². The van der Waals surface area contributed by atoms with E-state index in [0.29, 0.717) is 5.92 Å². The maximum atomic E-state index is 6.03. The Hall–Kier alpha value is -2.86. The molecule has 0 N–H and O–H groups in total. The summed E-state index contributed by atoms with van der Waals surface area (Å²) in [5.74, 6) is 0.391. The third-order valence-corrected chi connectivity index (χ3v) is 14.6. The topological polar surface area (TPSA) is 18.5 Å². The summed E-state index contributed by atoms with van der Waals surface area (Å²) in [6.45, 7) is 8.90. The molecule has 1 heterocycles. The Kier molecular flexibility index (Phi) is 11.4. The van der Waals surface area contributed by atoms with Crippen LogP contribution in [0.25, 0.3) is 0 Å². The van der Waals surface area contributed by atoms with Crippen molar-refractivity contribution >= 4 is 37.1 Å². The molecule has 4 aromatic carbocycles. The van der Waals surface area contributed by atoms with Gasteiger partial charge in [0.2, 0.25) is 0 Å². The van der Waals surface area contributed by atoms with E-state index in [9.17, 15) is 0 Å². The first kappa shape index (κ1) is 33.1. The predicted molar refractivity (Wildman–Crippen MR) is 200 cm³/mol. The quantitative estimate of drug-likeness (QED) is 0.135. The third kappa shape index (κ3) is 7.64. The predicted octanol–water partition coefficient (Wildman–Crippen LogP) is 9.78. The lowest BCUT2D eigenvalue weighted by molar-refractivity contribution is -0.183. The van der Waals surface area contributed by atoms with E-state index in [4.69, 9.17) is 9.47 Å². The van der Waals surface area contributed by atoms with Gasteiger partial charge in [0.25, 0.3) is 0 Å². The molecule has 6 rings (SSSR count). The van der Waals surface area contributed by atoms with Gasteiger partial charge in [0.1, 0.15) is 0 Å². The summed E-state index contributed by atoms with van der Waals surface area (Å²) in [5.41, 5.74) is 1.60. The van der Waals surface area contributed by atoms with Gasteiger partial charge in [-0.05, 0) is 78.8 Å². The van der Waals surface area contributed by atoms with Crippen molar-refractivity contribution in [3.05, 3.63) is 144 Å². The molecule has 4 heteroatoms. The molecule has 46 heavy (non-hydrogen) atoms. The zero-order valence-electron chi connectivity index (χ0n) is 27.6. The number of allylic oxidation sites excluding steroid dienone is 4. The minimum atomic E-state index is -0.771. The summed E-state index contributed by atoms with van der Waals surface area (Å²) in [7, 11) is -1.53. The number of hydrogen-bond donors (Lipinski definition) is 0. The van der Waals surface area contributed by atoms with Crippen molar-refractivity contribution in [2.75, 3.05) is 13.2 Å². The number of hydrogen-bond acceptors (Lipinski definition) is 2. The van der Waals surface area contributed by atoms with E-state index < -0.39 is 15.8 Å². The lowest BCUT2D eigenvalue weighted by Crippen LogP contribution is -2.28. The van der Waals surface area contributed by atoms with Gasteiger partial charge in [-0.3, -0.25) is 0 Å². The summed E-state index contributed by atoms with van der Waals surface area (Å²) in [6, 6.07) is 45.3. The van der Waals surface area contributed by atoms with Crippen molar-refractivity contribution in [1.29, 1.82) is 0 Å². The molecule has 4 aromatic rings. The highest BCUT2D eigenvalue weighted by molar-refractivity contribution is 7.80. The largest absolute Gasteiger partial charge is 0.353 e. The molecule has 1 unspecified atom stereocenters. The molecular weight excluding hydrogens is 598 g/mol. The Morgan fingerprint density at radius 1 is 0.630 bits per heavy atom. The monoisotopic (exact) mass is 646 g/mol. The second-order valence-corrected chi connectivity index (χ2v) is 17.4. The molecule has 1 saturated heterocycles. The van der Waals surface area contributed by atoms with Gasteiger partial charge in [0.15, 0.2) is 6.29 Å². The van der Waals surface area contributed by atoms with Crippen LogP contribution in [0.5, 0.6) is 0 Å². The van der Waals surface area contributed by atoms with E-state index in [0.717, 1.165) is 32.5 Å². The van der Waals surface area contributed by atoms with Crippen molar-refractivity contribution in [3.8, 4) is 0 Å². The average molecular weight is 647 g/mol. The standard InChI is InChI=1S/C42H48O2P2/c1-4-5-27-37-38(42(2,3)29-28-40-43-30-18-31-44-40)32-39(45(33-19-10-6-11-20-33)34-21-12-7-13-22-34)41(37)46(35-23-14-8-15-24-35)36-25-16-9-17-26-36/h6-17,19-26,32,37,40H,4-5,18,27-31H2,1-3H3. The van der Waals surface area contributed by atoms with E-state index in [1.807, 2.05) is 0 Å². The van der Waals surface area contributed by atoms with Gasteiger partial charge < -0.3 is 9.47 Å². The molecule has 1 atom stereocenters. The van der Waals surface area contributed by atoms with Gasteiger partial charge in [-0.2, -0.15) is 0 Å². The van der Waals surface area contributed by atoms with Crippen molar-refractivity contribution in [2.45, 2.75) is 65.6 Å². The van der Waals surface area contributed by atoms with Gasteiger partial charge in [-0.1, -0.05) is 167 Å². The maximum Gasteiger partial charge on any atom is 0.157 e. The van der Waals surface area contributed by atoms with Crippen molar-refractivity contribution < 1.29 is 9.47 Å². The first-order chi connectivity index (χ1) is 22.6.